The minimum absolute atomic E-state index is 0.0813. The molecular weight excluding hydrogens is 345 g/mol. The normalized spacial score (nSPS) is 18.7. The number of likely N-dealkylation sites (N-methyl/N-ethyl adjacent to an activating group) is 1. The van der Waals surface area contributed by atoms with Gasteiger partial charge in [0.05, 0.1) is 11.3 Å². The molecule has 0 spiro atoms. The van der Waals surface area contributed by atoms with E-state index in [1.165, 1.54) is 16.8 Å². The predicted octanol–water partition coefficient (Wildman–Crippen LogP) is 2.93. The number of hydrogen-bond donors (Lipinski definition) is 1. The number of carbonyl (C=O) groups excluding carboxylic acids is 1. The molecule has 1 aromatic heterocycles. The topological polar surface area (TPSA) is 50.2 Å². The molecule has 1 saturated heterocycles. The SMILES string of the molecule is CN1CCC[C@@H](NC(=O)c2cc(-c3ccc(C(F)(F)F)cc3)n(C)n2)C1. The van der Waals surface area contributed by atoms with Crippen LogP contribution >= 0.6 is 0 Å². The number of rotatable bonds is 3. The maximum atomic E-state index is 12.7. The van der Waals surface area contributed by atoms with Crippen LogP contribution in [-0.2, 0) is 13.2 Å². The van der Waals surface area contributed by atoms with E-state index >= 15 is 0 Å². The highest BCUT2D eigenvalue weighted by Crippen LogP contribution is 2.31. The van der Waals surface area contributed by atoms with Crippen LogP contribution in [0.15, 0.2) is 30.3 Å². The number of nitrogens with zero attached hydrogens (tertiary/aromatic N) is 3. The fourth-order valence-electron chi connectivity index (χ4n) is 3.22. The summed E-state index contributed by atoms with van der Waals surface area (Å²) in [5.41, 5.74) is 0.715. The Hall–Kier alpha value is -2.35. The van der Waals surface area contributed by atoms with Gasteiger partial charge in [-0.2, -0.15) is 18.3 Å². The summed E-state index contributed by atoms with van der Waals surface area (Å²) in [6.07, 6.45) is -2.42. The largest absolute Gasteiger partial charge is 0.416 e. The average molecular weight is 366 g/mol. The summed E-state index contributed by atoms with van der Waals surface area (Å²) in [4.78, 5) is 14.6. The van der Waals surface area contributed by atoms with Gasteiger partial charge in [-0.1, -0.05) is 12.1 Å². The third-order valence-electron chi connectivity index (χ3n) is 4.58. The Balaban J connectivity index is 1.75. The molecule has 26 heavy (non-hydrogen) atoms. The van der Waals surface area contributed by atoms with Gasteiger partial charge in [0.15, 0.2) is 5.69 Å². The van der Waals surface area contributed by atoms with E-state index in [9.17, 15) is 18.0 Å². The van der Waals surface area contributed by atoms with Crippen molar-refractivity contribution in [2.75, 3.05) is 20.1 Å². The molecule has 0 unspecified atom stereocenters. The van der Waals surface area contributed by atoms with E-state index < -0.39 is 11.7 Å². The lowest BCUT2D eigenvalue weighted by molar-refractivity contribution is -0.137. The molecule has 3 rings (SSSR count). The summed E-state index contributed by atoms with van der Waals surface area (Å²) in [6, 6.07) is 6.51. The lowest BCUT2D eigenvalue weighted by atomic mass is 10.1. The summed E-state index contributed by atoms with van der Waals surface area (Å²) >= 11 is 0. The van der Waals surface area contributed by atoms with E-state index in [-0.39, 0.29) is 17.6 Å². The number of benzene rings is 1. The Morgan fingerprint density at radius 2 is 1.92 bits per heavy atom. The highest BCUT2D eigenvalue weighted by molar-refractivity contribution is 5.93. The first-order valence-electron chi connectivity index (χ1n) is 8.45. The van der Waals surface area contributed by atoms with Crippen LogP contribution in [0.1, 0.15) is 28.9 Å². The fraction of sp³-hybridized carbons (Fsp3) is 0.444. The lowest BCUT2D eigenvalue weighted by Crippen LogP contribution is -2.46. The Bertz CT molecular complexity index is 783. The number of nitrogens with one attached hydrogen (secondary N) is 1. The van der Waals surface area contributed by atoms with Crippen LogP contribution in [-0.4, -0.2) is 46.8 Å². The molecule has 5 nitrogen and oxygen atoms in total. The molecule has 0 aliphatic carbocycles. The van der Waals surface area contributed by atoms with Crippen molar-refractivity contribution in [2.45, 2.75) is 25.1 Å². The molecule has 1 fully saturated rings. The Labute approximate surface area is 149 Å². The number of hydrogen-bond acceptors (Lipinski definition) is 3. The van der Waals surface area contributed by atoms with Gasteiger partial charge in [-0.25, -0.2) is 0 Å². The Morgan fingerprint density at radius 3 is 2.54 bits per heavy atom. The molecule has 1 atom stereocenters. The van der Waals surface area contributed by atoms with E-state index in [0.717, 1.165) is 38.1 Å². The van der Waals surface area contributed by atoms with E-state index in [2.05, 4.69) is 15.3 Å². The number of piperidine rings is 1. The molecular formula is C18H21F3N4O. The predicted molar refractivity (Wildman–Crippen MR) is 91.6 cm³/mol. The van der Waals surface area contributed by atoms with Crippen molar-refractivity contribution in [3.8, 4) is 11.3 Å². The maximum absolute atomic E-state index is 12.7. The van der Waals surface area contributed by atoms with Crippen LogP contribution in [0.4, 0.5) is 13.2 Å². The van der Waals surface area contributed by atoms with Gasteiger partial charge in [0.1, 0.15) is 0 Å². The van der Waals surface area contributed by atoms with Gasteiger partial charge >= 0.3 is 6.18 Å². The van der Waals surface area contributed by atoms with Gasteiger partial charge in [-0.15, -0.1) is 0 Å². The van der Waals surface area contributed by atoms with Crippen molar-refractivity contribution < 1.29 is 18.0 Å². The molecule has 1 N–H and O–H groups in total. The number of halogens is 3. The molecule has 0 saturated carbocycles. The van der Waals surface area contributed by atoms with Crippen LogP contribution in [0, 0.1) is 0 Å². The minimum Gasteiger partial charge on any atom is -0.347 e. The third kappa shape index (κ3) is 4.07. The zero-order valence-electron chi connectivity index (χ0n) is 14.7. The Morgan fingerprint density at radius 1 is 1.23 bits per heavy atom. The highest BCUT2D eigenvalue weighted by atomic mass is 19.4. The number of aromatic nitrogens is 2. The van der Waals surface area contributed by atoms with Gasteiger partial charge in [-0.3, -0.25) is 9.48 Å². The molecule has 140 valence electrons. The third-order valence-corrected chi connectivity index (χ3v) is 4.58. The van der Waals surface area contributed by atoms with Crippen molar-refractivity contribution in [2.24, 2.45) is 7.05 Å². The van der Waals surface area contributed by atoms with E-state index in [0.29, 0.717) is 11.3 Å². The molecule has 1 aliphatic rings. The van der Waals surface area contributed by atoms with E-state index in [1.807, 2.05) is 7.05 Å². The summed E-state index contributed by atoms with van der Waals surface area (Å²) < 4.78 is 39.6. The maximum Gasteiger partial charge on any atom is 0.416 e. The van der Waals surface area contributed by atoms with Gasteiger partial charge < -0.3 is 10.2 Å². The number of alkyl halides is 3. The van der Waals surface area contributed by atoms with Crippen LogP contribution in [0.5, 0.6) is 0 Å². The van der Waals surface area contributed by atoms with Crippen LogP contribution < -0.4 is 5.32 Å². The number of amides is 1. The molecule has 2 heterocycles. The number of carbonyl (C=O) groups is 1. The summed E-state index contributed by atoms with van der Waals surface area (Å²) in [6.45, 7) is 1.82. The smallest absolute Gasteiger partial charge is 0.347 e. The lowest BCUT2D eigenvalue weighted by Gasteiger charge is -2.29. The number of likely N-dealkylation sites (tertiary alicyclic amines) is 1. The molecule has 2 aromatic rings. The Kier molecular flexibility index (Phi) is 5.04. The van der Waals surface area contributed by atoms with Gasteiger partial charge in [0, 0.05) is 19.6 Å². The van der Waals surface area contributed by atoms with Crippen LogP contribution in [0.2, 0.25) is 0 Å². The van der Waals surface area contributed by atoms with Crippen molar-refractivity contribution in [1.29, 1.82) is 0 Å². The van der Waals surface area contributed by atoms with E-state index in [1.54, 1.807) is 13.1 Å². The second-order valence-corrected chi connectivity index (χ2v) is 6.69. The fourth-order valence-corrected chi connectivity index (χ4v) is 3.22. The summed E-state index contributed by atoms with van der Waals surface area (Å²) in [7, 11) is 3.68. The minimum atomic E-state index is -4.37. The van der Waals surface area contributed by atoms with Crippen LogP contribution in [0.25, 0.3) is 11.3 Å². The van der Waals surface area contributed by atoms with Crippen molar-refractivity contribution in [1.82, 2.24) is 20.0 Å². The van der Waals surface area contributed by atoms with Gasteiger partial charge in [0.2, 0.25) is 0 Å². The molecule has 1 aliphatic heterocycles. The summed E-state index contributed by atoms with van der Waals surface area (Å²) in [5.74, 6) is -0.265. The zero-order valence-corrected chi connectivity index (χ0v) is 14.7. The van der Waals surface area contributed by atoms with E-state index in [4.69, 9.17) is 0 Å². The summed E-state index contributed by atoms with van der Waals surface area (Å²) in [5, 5.41) is 7.19. The number of aryl methyl sites for hydroxylation is 1. The molecule has 0 radical (unpaired) electrons. The second-order valence-electron chi connectivity index (χ2n) is 6.69. The zero-order chi connectivity index (χ0) is 18.9. The average Bonchev–Trinajstić information content (AvgIpc) is 2.96. The van der Waals surface area contributed by atoms with Crippen molar-refractivity contribution in [3.63, 3.8) is 0 Å². The standard InChI is InChI=1S/C18H21F3N4O/c1-24-9-3-4-14(11-24)22-17(26)15-10-16(25(2)23-15)12-5-7-13(8-6-12)18(19,20)21/h5-8,10,14H,3-4,9,11H2,1-2H3,(H,22,26)/t14-/m1/s1. The molecule has 1 aromatic carbocycles. The second kappa shape index (κ2) is 7.11. The van der Waals surface area contributed by atoms with Gasteiger partial charge in [0.25, 0.3) is 5.91 Å². The highest BCUT2D eigenvalue weighted by Gasteiger charge is 2.30. The molecule has 0 bridgehead atoms. The van der Waals surface area contributed by atoms with Gasteiger partial charge in [-0.05, 0) is 50.2 Å². The van der Waals surface area contributed by atoms with Crippen molar-refractivity contribution in [3.05, 3.63) is 41.6 Å². The molecule has 1 amide bonds. The molecule has 8 heteroatoms. The first-order chi connectivity index (χ1) is 12.2. The quantitative estimate of drug-likeness (QED) is 0.909. The first kappa shape index (κ1) is 18.4. The monoisotopic (exact) mass is 366 g/mol. The van der Waals surface area contributed by atoms with Crippen LogP contribution in [0.3, 0.4) is 0 Å². The first-order valence-corrected chi connectivity index (χ1v) is 8.45. The van der Waals surface area contributed by atoms with Crippen molar-refractivity contribution >= 4 is 5.91 Å².